The molecule has 2 aromatic rings. The van der Waals surface area contributed by atoms with Crippen molar-refractivity contribution in [3.8, 4) is 0 Å². The highest BCUT2D eigenvalue weighted by molar-refractivity contribution is 5.91. The lowest BCUT2D eigenvalue weighted by Crippen LogP contribution is -2.11. The Morgan fingerprint density at radius 1 is 1.42 bits per heavy atom. The number of aryl methyl sites for hydroxylation is 1. The van der Waals surface area contributed by atoms with Gasteiger partial charge in [0.1, 0.15) is 0 Å². The summed E-state index contributed by atoms with van der Waals surface area (Å²) in [5.41, 5.74) is 8.15. The molecule has 2 rings (SSSR count). The van der Waals surface area contributed by atoms with Crippen molar-refractivity contribution >= 4 is 11.8 Å². The van der Waals surface area contributed by atoms with Crippen molar-refractivity contribution in [2.75, 3.05) is 12.3 Å². The number of nitrogen functional groups attached to an aromatic ring is 1. The average molecular weight is 260 g/mol. The molecule has 1 aromatic heterocycles. The Labute approximate surface area is 111 Å². The van der Waals surface area contributed by atoms with Crippen LogP contribution in [0, 0.1) is 6.92 Å². The normalized spacial score (nSPS) is 10.4. The highest BCUT2D eigenvalue weighted by Gasteiger charge is 2.18. The van der Waals surface area contributed by atoms with E-state index >= 15 is 0 Å². The van der Waals surface area contributed by atoms with Crippen LogP contribution >= 0.6 is 0 Å². The highest BCUT2D eigenvalue weighted by Crippen LogP contribution is 2.14. The summed E-state index contributed by atoms with van der Waals surface area (Å²) in [4.78, 5) is 11.6. The maximum Gasteiger partial charge on any atom is 0.362 e. The summed E-state index contributed by atoms with van der Waals surface area (Å²) in [5, 5.41) is 7.67. The molecule has 0 spiro atoms. The van der Waals surface area contributed by atoms with Crippen LogP contribution in [0.15, 0.2) is 24.3 Å². The summed E-state index contributed by atoms with van der Waals surface area (Å²) in [5.74, 6) is -0.322. The summed E-state index contributed by atoms with van der Waals surface area (Å²) in [7, 11) is 0. The van der Waals surface area contributed by atoms with Gasteiger partial charge in [0.2, 0.25) is 5.69 Å². The Kier molecular flexibility index (Phi) is 3.79. The molecule has 0 aliphatic heterocycles. The molecular formula is C13H16N4O2. The quantitative estimate of drug-likeness (QED) is 0.840. The number of carbonyl (C=O) groups is 1. The fourth-order valence-electron chi connectivity index (χ4n) is 1.73. The first-order valence-corrected chi connectivity index (χ1v) is 6.04. The molecule has 2 N–H and O–H groups in total. The number of benzene rings is 1. The Morgan fingerprint density at radius 3 is 2.84 bits per heavy atom. The van der Waals surface area contributed by atoms with Crippen LogP contribution in [0.4, 0.5) is 5.82 Å². The van der Waals surface area contributed by atoms with Crippen LogP contribution in [0.5, 0.6) is 0 Å². The van der Waals surface area contributed by atoms with Gasteiger partial charge in [0.25, 0.3) is 0 Å². The van der Waals surface area contributed by atoms with Crippen LogP contribution in [0.1, 0.15) is 28.5 Å². The van der Waals surface area contributed by atoms with Crippen LogP contribution in [0.25, 0.3) is 0 Å². The van der Waals surface area contributed by atoms with Crippen molar-refractivity contribution in [3.05, 3.63) is 41.1 Å². The van der Waals surface area contributed by atoms with Crippen molar-refractivity contribution in [1.29, 1.82) is 0 Å². The number of aromatic nitrogens is 3. The van der Waals surface area contributed by atoms with Crippen LogP contribution in [-0.4, -0.2) is 27.6 Å². The van der Waals surface area contributed by atoms with Gasteiger partial charge in [-0.25, -0.2) is 9.48 Å². The van der Waals surface area contributed by atoms with E-state index in [1.165, 1.54) is 4.68 Å². The Bertz CT molecular complexity index is 592. The number of ether oxygens (including phenoxy) is 1. The third-order valence-electron chi connectivity index (χ3n) is 2.82. The van der Waals surface area contributed by atoms with E-state index in [2.05, 4.69) is 10.3 Å². The van der Waals surface area contributed by atoms with Crippen molar-refractivity contribution in [2.45, 2.75) is 20.4 Å². The maximum absolute atomic E-state index is 11.6. The minimum atomic E-state index is -0.545. The second kappa shape index (κ2) is 5.51. The molecule has 100 valence electrons. The number of anilines is 1. The van der Waals surface area contributed by atoms with E-state index < -0.39 is 5.97 Å². The van der Waals surface area contributed by atoms with Gasteiger partial charge in [-0.2, -0.15) is 0 Å². The number of esters is 1. The number of hydrogen-bond donors (Lipinski definition) is 1. The fraction of sp³-hybridized carbons (Fsp3) is 0.308. The molecule has 0 aliphatic carbocycles. The van der Waals surface area contributed by atoms with Crippen LogP contribution < -0.4 is 5.73 Å². The zero-order valence-electron chi connectivity index (χ0n) is 11.0. The van der Waals surface area contributed by atoms with Crippen molar-refractivity contribution in [3.63, 3.8) is 0 Å². The number of rotatable bonds is 4. The van der Waals surface area contributed by atoms with E-state index in [0.717, 1.165) is 11.1 Å². The molecule has 0 saturated carbocycles. The minimum absolute atomic E-state index is 0.0652. The lowest BCUT2D eigenvalue weighted by atomic mass is 10.1. The maximum atomic E-state index is 11.6. The summed E-state index contributed by atoms with van der Waals surface area (Å²) in [6.45, 7) is 4.49. The van der Waals surface area contributed by atoms with E-state index in [4.69, 9.17) is 10.5 Å². The SMILES string of the molecule is CCOC(=O)c1nnn(Cc2ccccc2C)c1N. The van der Waals surface area contributed by atoms with Crippen LogP contribution in [-0.2, 0) is 11.3 Å². The van der Waals surface area contributed by atoms with Gasteiger partial charge in [-0.1, -0.05) is 29.5 Å². The Hall–Kier alpha value is -2.37. The van der Waals surface area contributed by atoms with Gasteiger partial charge < -0.3 is 10.5 Å². The van der Waals surface area contributed by atoms with Gasteiger partial charge in [0, 0.05) is 0 Å². The average Bonchev–Trinajstić information content (AvgIpc) is 2.74. The van der Waals surface area contributed by atoms with E-state index in [0.29, 0.717) is 6.54 Å². The van der Waals surface area contributed by atoms with Gasteiger partial charge >= 0.3 is 5.97 Å². The fourth-order valence-corrected chi connectivity index (χ4v) is 1.73. The summed E-state index contributed by atoms with van der Waals surface area (Å²) in [6.07, 6.45) is 0. The Balaban J connectivity index is 2.23. The summed E-state index contributed by atoms with van der Waals surface area (Å²) >= 11 is 0. The van der Waals surface area contributed by atoms with Crippen molar-refractivity contribution in [1.82, 2.24) is 15.0 Å². The number of carbonyl (C=O) groups excluding carboxylic acids is 1. The molecule has 0 amide bonds. The molecular weight excluding hydrogens is 244 g/mol. The molecule has 0 atom stereocenters. The van der Waals surface area contributed by atoms with Gasteiger partial charge in [-0.3, -0.25) is 0 Å². The van der Waals surface area contributed by atoms with E-state index in [-0.39, 0.29) is 18.1 Å². The molecule has 0 unspecified atom stereocenters. The number of nitrogens with zero attached hydrogens (tertiary/aromatic N) is 3. The highest BCUT2D eigenvalue weighted by atomic mass is 16.5. The van der Waals surface area contributed by atoms with Gasteiger partial charge in [0.15, 0.2) is 5.82 Å². The summed E-state index contributed by atoms with van der Waals surface area (Å²) < 4.78 is 6.36. The topological polar surface area (TPSA) is 83.0 Å². The predicted octanol–water partition coefficient (Wildman–Crippen LogP) is 1.39. The zero-order valence-corrected chi connectivity index (χ0v) is 11.0. The largest absolute Gasteiger partial charge is 0.461 e. The van der Waals surface area contributed by atoms with Gasteiger partial charge in [-0.15, -0.1) is 5.10 Å². The molecule has 0 fully saturated rings. The monoisotopic (exact) mass is 260 g/mol. The third-order valence-corrected chi connectivity index (χ3v) is 2.82. The lowest BCUT2D eigenvalue weighted by molar-refractivity contribution is 0.0520. The van der Waals surface area contributed by atoms with Crippen molar-refractivity contribution < 1.29 is 9.53 Å². The molecule has 19 heavy (non-hydrogen) atoms. The van der Waals surface area contributed by atoms with E-state index in [9.17, 15) is 4.79 Å². The second-order valence-corrected chi connectivity index (χ2v) is 4.13. The lowest BCUT2D eigenvalue weighted by Gasteiger charge is -2.06. The molecule has 6 nitrogen and oxygen atoms in total. The number of nitrogens with two attached hydrogens (primary N) is 1. The first-order valence-electron chi connectivity index (χ1n) is 6.04. The summed E-state index contributed by atoms with van der Waals surface area (Å²) in [6, 6.07) is 7.91. The van der Waals surface area contributed by atoms with Gasteiger partial charge in [0.05, 0.1) is 13.2 Å². The molecule has 6 heteroatoms. The zero-order chi connectivity index (χ0) is 13.8. The van der Waals surface area contributed by atoms with E-state index in [1.807, 2.05) is 31.2 Å². The first-order chi connectivity index (χ1) is 9.13. The molecule has 0 radical (unpaired) electrons. The third kappa shape index (κ3) is 2.73. The predicted molar refractivity (Wildman–Crippen MR) is 70.7 cm³/mol. The van der Waals surface area contributed by atoms with Crippen LogP contribution in [0.2, 0.25) is 0 Å². The molecule has 0 saturated heterocycles. The van der Waals surface area contributed by atoms with Crippen LogP contribution in [0.3, 0.4) is 0 Å². The standard InChI is InChI=1S/C13H16N4O2/c1-3-19-13(18)11-12(14)17(16-15-11)8-10-7-5-4-6-9(10)2/h4-7H,3,8,14H2,1-2H3. The first kappa shape index (κ1) is 13.1. The smallest absolute Gasteiger partial charge is 0.362 e. The minimum Gasteiger partial charge on any atom is -0.461 e. The molecule has 1 heterocycles. The molecule has 0 aliphatic rings. The molecule has 1 aromatic carbocycles. The Morgan fingerprint density at radius 2 is 2.16 bits per heavy atom. The van der Waals surface area contributed by atoms with Gasteiger partial charge in [-0.05, 0) is 25.0 Å². The van der Waals surface area contributed by atoms with Crippen molar-refractivity contribution in [2.24, 2.45) is 0 Å². The molecule has 0 bridgehead atoms. The second-order valence-electron chi connectivity index (χ2n) is 4.13. The van der Waals surface area contributed by atoms with E-state index in [1.54, 1.807) is 6.92 Å². The number of hydrogen-bond acceptors (Lipinski definition) is 5.